The minimum Gasteiger partial charge on any atom is -0.872 e. The van der Waals surface area contributed by atoms with Gasteiger partial charge < -0.3 is 24.5 Å². The first kappa shape index (κ1) is 21.4. The molecule has 5 nitrogen and oxygen atoms in total. The van der Waals surface area contributed by atoms with Crippen molar-refractivity contribution in [2.45, 2.75) is 58.2 Å². The zero-order chi connectivity index (χ0) is 23.3. The molecule has 33 heavy (non-hydrogen) atoms. The zero-order valence-electron chi connectivity index (χ0n) is 19.1. The summed E-state index contributed by atoms with van der Waals surface area (Å²) in [4.78, 5) is 11.2. The van der Waals surface area contributed by atoms with Crippen molar-refractivity contribution in [1.82, 2.24) is 0 Å². The quantitative estimate of drug-likeness (QED) is 0.575. The monoisotopic (exact) mass is 442 g/mol. The maximum Gasteiger partial charge on any atom is 0.127 e. The molecule has 0 radical (unpaired) electrons. The smallest absolute Gasteiger partial charge is 0.127 e. The molecule has 1 unspecified atom stereocenters. The van der Waals surface area contributed by atoms with Gasteiger partial charge >= 0.3 is 0 Å². The first-order valence-electron chi connectivity index (χ1n) is 11.3. The van der Waals surface area contributed by atoms with Crippen LogP contribution in [0.15, 0.2) is 48.5 Å². The number of aliphatic carboxylic acids is 1. The van der Waals surface area contributed by atoms with Crippen molar-refractivity contribution >= 4 is 5.97 Å². The van der Waals surface area contributed by atoms with Gasteiger partial charge in [0.15, 0.2) is 0 Å². The molecular weight excluding hydrogens is 416 g/mol. The number of carboxylic acids is 1. The highest BCUT2D eigenvalue weighted by atomic mass is 16.5. The lowest BCUT2D eigenvalue weighted by Gasteiger charge is -2.19. The number of aryl methyl sites for hydroxylation is 2. The van der Waals surface area contributed by atoms with Gasteiger partial charge in [-0.2, -0.15) is 0 Å². The molecule has 0 N–H and O–H groups in total. The summed E-state index contributed by atoms with van der Waals surface area (Å²) < 4.78 is 12.3. The van der Waals surface area contributed by atoms with Gasteiger partial charge in [0.1, 0.15) is 23.7 Å². The molecule has 3 aromatic rings. The van der Waals surface area contributed by atoms with Gasteiger partial charge in [0, 0.05) is 23.5 Å². The van der Waals surface area contributed by atoms with E-state index >= 15 is 0 Å². The SMILES string of the molecule is Cc1cc([O-])cc(C)c1-c1cccc(COc2ccc3c(c2)OC2(CC2)C3CC(=O)[O-])c1C. The molecular formula is C28H26O5-2. The predicted molar refractivity (Wildman–Crippen MR) is 121 cm³/mol. The van der Waals surface area contributed by atoms with Gasteiger partial charge in [0.25, 0.3) is 0 Å². The van der Waals surface area contributed by atoms with Crippen molar-refractivity contribution in [3.05, 3.63) is 76.3 Å². The Morgan fingerprint density at radius 1 is 1.09 bits per heavy atom. The summed E-state index contributed by atoms with van der Waals surface area (Å²) in [6.07, 6.45) is 1.72. The lowest BCUT2D eigenvalue weighted by molar-refractivity contribution is -0.306. The van der Waals surface area contributed by atoms with E-state index in [0.717, 1.165) is 51.8 Å². The fourth-order valence-corrected chi connectivity index (χ4v) is 5.21. The second-order valence-corrected chi connectivity index (χ2v) is 9.31. The minimum absolute atomic E-state index is 0.0225. The number of carbonyl (C=O) groups is 1. The Hall–Kier alpha value is -3.47. The number of hydrogen-bond donors (Lipinski definition) is 0. The van der Waals surface area contributed by atoms with Crippen LogP contribution in [-0.4, -0.2) is 11.6 Å². The van der Waals surface area contributed by atoms with E-state index in [1.807, 2.05) is 44.2 Å². The van der Waals surface area contributed by atoms with Gasteiger partial charge in [-0.05, 0) is 79.5 Å². The average Bonchev–Trinajstić information content (AvgIpc) is 3.45. The number of fused-ring (bicyclic) bond motifs is 1. The Kier molecular flexibility index (Phi) is 5.08. The minimum atomic E-state index is -1.05. The van der Waals surface area contributed by atoms with Crippen LogP contribution in [0.1, 0.15) is 53.0 Å². The van der Waals surface area contributed by atoms with Crippen LogP contribution in [0.25, 0.3) is 11.1 Å². The number of ether oxygens (including phenoxy) is 2. The van der Waals surface area contributed by atoms with E-state index in [2.05, 4.69) is 13.0 Å². The van der Waals surface area contributed by atoms with Gasteiger partial charge in [0.05, 0.1) is 0 Å². The van der Waals surface area contributed by atoms with E-state index in [4.69, 9.17) is 9.47 Å². The van der Waals surface area contributed by atoms with Crippen molar-refractivity contribution < 1.29 is 24.5 Å². The molecule has 1 saturated carbocycles. The first-order valence-corrected chi connectivity index (χ1v) is 11.3. The number of rotatable bonds is 6. The lowest BCUT2D eigenvalue weighted by Crippen LogP contribution is -2.29. The largest absolute Gasteiger partial charge is 0.872 e. The summed E-state index contributed by atoms with van der Waals surface area (Å²) in [5.74, 6) is 0.225. The second-order valence-electron chi connectivity index (χ2n) is 9.31. The molecule has 1 fully saturated rings. The number of benzene rings is 3. The van der Waals surface area contributed by atoms with E-state index in [1.54, 1.807) is 12.1 Å². The van der Waals surface area contributed by atoms with Crippen molar-refractivity contribution in [3.8, 4) is 28.4 Å². The van der Waals surface area contributed by atoms with Crippen LogP contribution in [0.5, 0.6) is 17.2 Å². The molecule has 1 aliphatic carbocycles. The number of carboxylic acid groups (broad SMARTS) is 1. The molecule has 1 atom stereocenters. The van der Waals surface area contributed by atoms with Gasteiger partial charge in [-0.1, -0.05) is 36.4 Å². The van der Waals surface area contributed by atoms with Crippen LogP contribution in [-0.2, 0) is 11.4 Å². The fourth-order valence-electron chi connectivity index (χ4n) is 5.21. The average molecular weight is 443 g/mol. The molecule has 1 aliphatic heterocycles. The molecule has 170 valence electrons. The van der Waals surface area contributed by atoms with E-state index in [1.165, 1.54) is 0 Å². The molecule has 1 heterocycles. The van der Waals surface area contributed by atoms with Gasteiger partial charge in [-0.15, -0.1) is 5.75 Å². The standard InChI is InChI=1S/C28H28O5/c1-16-11-20(29)12-17(2)27(16)22-6-4-5-19(18(22)3)15-32-21-7-8-23-24(14-26(30)31)28(9-10-28)33-25(23)13-21/h4-8,11-13,24,29H,9-10,14-15H2,1-3H3,(H,30,31)/p-2. The van der Waals surface area contributed by atoms with E-state index in [-0.39, 0.29) is 23.7 Å². The van der Waals surface area contributed by atoms with Crippen LogP contribution in [0.2, 0.25) is 0 Å². The maximum absolute atomic E-state index is 11.8. The van der Waals surface area contributed by atoms with E-state index in [0.29, 0.717) is 18.1 Å². The molecule has 0 saturated heterocycles. The molecule has 0 bridgehead atoms. The summed E-state index contributed by atoms with van der Waals surface area (Å²) in [5.41, 5.74) is 6.86. The van der Waals surface area contributed by atoms with Crippen LogP contribution in [0.4, 0.5) is 0 Å². The topological polar surface area (TPSA) is 81.6 Å². The molecule has 3 aromatic carbocycles. The molecule has 1 spiro atoms. The van der Waals surface area contributed by atoms with E-state index in [9.17, 15) is 15.0 Å². The summed E-state index contributed by atoms with van der Waals surface area (Å²) in [7, 11) is 0. The Balaban J connectivity index is 1.37. The van der Waals surface area contributed by atoms with Crippen molar-refractivity contribution in [2.75, 3.05) is 0 Å². The highest BCUT2D eigenvalue weighted by molar-refractivity contribution is 5.75. The van der Waals surface area contributed by atoms with Gasteiger partial charge in [-0.25, -0.2) is 0 Å². The third-order valence-corrected chi connectivity index (χ3v) is 7.04. The molecule has 0 aromatic heterocycles. The second kappa shape index (κ2) is 7.84. The van der Waals surface area contributed by atoms with Gasteiger partial charge in [-0.3, -0.25) is 0 Å². The number of carbonyl (C=O) groups excluding carboxylic acids is 1. The lowest BCUT2D eigenvalue weighted by atomic mass is 9.90. The number of hydrogen-bond acceptors (Lipinski definition) is 5. The Morgan fingerprint density at radius 3 is 2.48 bits per heavy atom. The Morgan fingerprint density at radius 2 is 1.82 bits per heavy atom. The van der Waals surface area contributed by atoms with Gasteiger partial charge in [0.2, 0.25) is 0 Å². The summed E-state index contributed by atoms with van der Waals surface area (Å²) in [6, 6.07) is 15.2. The third kappa shape index (κ3) is 3.82. The van der Waals surface area contributed by atoms with Crippen molar-refractivity contribution in [3.63, 3.8) is 0 Å². The van der Waals surface area contributed by atoms with E-state index < -0.39 is 5.97 Å². The maximum atomic E-state index is 11.8. The molecule has 5 rings (SSSR count). The van der Waals surface area contributed by atoms with Crippen LogP contribution < -0.4 is 19.7 Å². The van der Waals surface area contributed by atoms with Crippen molar-refractivity contribution in [2.24, 2.45) is 0 Å². The third-order valence-electron chi connectivity index (χ3n) is 7.04. The predicted octanol–water partition coefficient (Wildman–Crippen LogP) is 4.08. The Bertz CT molecular complexity index is 1230. The summed E-state index contributed by atoms with van der Waals surface area (Å²) in [5, 5.41) is 23.1. The fraction of sp³-hybridized carbons (Fsp3) is 0.321. The molecule has 5 heteroatoms. The highest BCUT2D eigenvalue weighted by Crippen LogP contribution is 2.59. The summed E-state index contributed by atoms with van der Waals surface area (Å²) in [6.45, 7) is 6.41. The summed E-state index contributed by atoms with van der Waals surface area (Å²) >= 11 is 0. The normalized spacial score (nSPS) is 17.5. The zero-order valence-corrected chi connectivity index (χ0v) is 19.1. The molecule has 0 amide bonds. The van der Waals surface area contributed by atoms with Crippen LogP contribution >= 0.6 is 0 Å². The van der Waals surface area contributed by atoms with Crippen LogP contribution in [0, 0.1) is 20.8 Å². The molecule has 2 aliphatic rings. The highest BCUT2D eigenvalue weighted by Gasteiger charge is 2.57. The van der Waals surface area contributed by atoms with Crippen molar-refractivity contribution in [1.29, 1.82) is 0 Å². The Labute approximate surface area is 193 Å². The first-order chi connectivity index (χ1) is 15.8. The van der Waals surface area contributed by atoms with Crippen LogP contribution in [0.3, 0.4) is 0 Å².